The first-order valence-electron chi connectivity index (χ1n) is 8.73. The predicted octanol–water partition coefficient (Wildman–Crippen LogP) is 3.15. The molecule has 4 nitrogen and oxygen atoms in total. The fourth-order valence-electron chi connectivity index (χ4n) is 3.58. The van der Waals surface area contributed by atoms with Crippen molar-refractivity contribution in [3.05, 3.63) is 34.9 Å². The molecule has 0 saturated carbocycles. The van der Waals surface area contributed by atoms with E-state index in [0.29, 0.717) is 12.6 Å². The number of amides is 2. The van der Waals surface area contributed by atoms with Gasteiger partial charge in [0, 0.05) is 30.7 Å². The summed E-state index contributed by atoms with van der Waals surface area (Å²) < 4.78 is 0. The van der Waals surface area contributed by atoms with Gasteiger partial charge < -0.3 is 10.2 Å². The van der Waals surface area contributed by atoms with Crippen LogP contribution in [0.5, 0.6) is 0 Å². The smallest absolute Gasteiger partial charge is 0.317 e. The van der Waals surface area contributed by atoms with E-state index in [1.54, 1.807) is 0 Å². The number of hydrogen-bond donors (Lipinski definition) is 1. The van der Waals surface area contributed by atoms with Crippen molar-refractivity contribution >= 4 is 17.6 Å². The molecule has 3 rings (SSSR count). The normalized spacial score (nSPS) is 22.3. The highest BCUT2D eigenvalue weighted by molar-refractivity contribution is 6.30. The summed E-state index contributed by atoms with van der Waals surface area (Å²) in [7, 11) is 0. The number of carbonyl (C=O) groups excluding carboxylic acids is 1. The van der Waals surface area contributed by atoms with Gasteiger partial charge in [-0.1, -0.05) is 30.2 Å². The zero-order valence-corrected chi connectivity index (χ0v) is 14.4. The molecular formula is C18H26ClN3O. The monoisotopic (exact) mass is 335 g/mol. The number of halogens is 1. The lowest BCUT2D eigenvalue weighted by Crippen LogP contribution is -2.44. The molecule has 1 atom stereocenters. The Bertz CT molecular complexity index is 514. The molecule has 2 fully saturated rings. The van der Waals surface area contributed by atoms with E-state index in [1.807, 2.05) is 29.2 Å². The zero-order chi connectivity index (χ0) is 16.1. The van der Waals surface area contributed by atoms with E-state index in [2.05, 4.69) is 10.2 Å². The van der Waals surface area contributed by atoms with Crippen LogP contribution < -0.4 is 5.32 Å². The van der Waals surface area contributed by atoms with Gasteiger partial charge in [-0.25, -0.2) is 4.79 Å². The van der Waals surface area contributed by atoms with E-state index in [0.717, 1.165) is 31.0 Å². The van der Waals surface area contributed by atoms with E-state index in [4.69, 9.17) is 11.6 Å². The Morgan fingerprint density at radius 1 is 1.13 bits per heavy atom. The van der Waals surface area contributed by atoms with Gasteiger partial charge in [0.15, 0.2) is 0 Å². The second kappa shape index (κ2) is 8.02. The van der Waals surface area contributed by atoms with E-state index in [-0.39, 0.29) is 6.03 Å². The highest BCUT2D eigenvalue weighted by Crippen LogP contribution is 2.20. The van der Waals surface area contributed by atoms with Crippen LogP contribution in [0.4, 0.5) is 4.79 Å². The molecule has 0 spiro atoms. The van der Waals surface area contributed by atoms with Crippen LogP contribution >= 0.6 is 11.6 Å². The molecule has 1 aromatic carbocycles. The molecule has 0 bridgehead atoms. The van der Waals surface area contributed by atoms with E-state index < -0.39 is 0 Å². The molecule has 0 aromatic heterocycles. The molecule has 1 N–H and O–H groups in total. The minimum absolute atomic E-state index is 0.0819. The van der Waals surface area contributed by atoms with Gasteiger partial charge >= 0.3 is 6.03 Å². The lowest BCUT2D eigenvalue weighted by atomic mass is 10.1. The van der Waals surface area contributed by atoms with E-state index >= 15 is 0 Å². The van der Waals surface area contributed by atoms with Gasteiger partial charge in [0.25, 0.3) is 0 Å². The average molecular weight is 336 g/mol. The van der Waals surface area contributed by atoms with Gasteiger partial charge in [0.05, 0.1) is 0 Å². The fraction of sp³-hybridized carbons (Fsp3) is 0.611. The highest BCUT2D eigenvalue weighted by atomic mass is 35.5. The Kier molecular flexibility index (Phi) is 5.79. The second-order valence-corrected chi connectivity index (χ2v) is 7.03. The maximum Gasteiger partial charge on any atom is 0.317 e. The summed E-state index contributed by atoms with van der Waals surface area (Å²) in [6.07, 6.45) is 5.93. The summed E-state index contributed by atoms with van der Waals surface area (Å²) in [6.45, 7) is 4.85. The van der Waals surface area contributed by atoms with Gasteiger partial charge in [0.1, 0.15) is 0 Å². The Balaban J connectivity index is 1.39. The Morgan fingerprint density at radius 3 is 2.61 bits per heavy atom. The minimum atomic E-state index is 0.0819. The molecule has 0 aliphatic carbocycles. The van der Waals surface area contributed by atoms with Crippen LogP contribution in [0.25, 0.3) is 0 Å². The maximum absolute atomic E-state index is 12.3. The Morgan fingerprint density at radius 2 is 1.87 bits per heavy atom. The minimum Gasteiger partial charge on any atom is -0.338 e. The molecule has 2 amide bonds. The van der Waals surface area contributed by atoms with Crippen molar-refractivity contribution in [2.45, 2.75) is 38.1 Å². The number of piperidine rings is 1. The fourth-order valence-corrected chi connectivity index (χ4v) is 3.71. The highest BCUT2D eigenvalue weighted by Gasteiger charge is 2.30. The second-order valence-electron chi connectivity index (χ2n) is 6.59. The standard InChI is InChI=1S/C18H26ClN3O/c19-16-6-4-15(5-7-16)8-10-20-18(23)22-13-9-17(14-22)21-11-2-1-3-12-21/h4-7,17H,1-3,8-14H2,(H,20,23). The number of rotatable bonds is 4. The maximum atomic E-state index is 12.3. The van der Waals surface area contributed by atoms with Crippen molar-refractivity contribution in [3.63, 3.8) is 0 Å². The molecule has 0 radical (unpaired) electrons. The van der Waals surface area contributed by atoms with E-state index in [1.165, 1.54) is 37.9 Å². The molecule has 2 aliphatic heterocycles. The third-order valence-electron chi connectivity index (χ3n) is 4.96. The third kappa shape index (κ3) is 4.61. The molecule has 2 heterocycles. The summed E-state index contributed by atoms with van der Waals surface area (Å²) in [6, 6.07) is 8.45. The molecule has 2 saturated heterocycles. The number of hydrogen-bond acceptors (Lipinski definition) is 2. The molecule has 23 heavy (non-hydrogen) atoms. The first kappa shape index (κ1) is 16.6. The lowest BCUT2D eigenvalue weighted by Gasteiger charge is -2.32. The predicted molar refractivity (Wildman–Crippen MR) is 94.0 cm³/mol. The Hall–Kier alpha value is -1.26. The quantitative estimate of drug-likeness (QED) is 0.917. The average Bonchev–Trinajstić information content (AvgIpc) is 3.07. The number of urea groups is 1. The van der Waals surface area contributed by atoms with Crippen molar-refractivity contribution in [2.24, 2.45) is 0 Å². The van der Waals surface area contributed by atoms with Crippen LogP contribution in [0.15, 0.2) is 24.3 Å². The number of nitrogens with zero attached hydrogens (tertiary/aromatic N) is 2. The number of benzene rings is 1. The van der Waals surface area contributed by atoms with Crippen molar-refractivity contribution in [1.29, 1.82) is 0 Å². The van der Waals surface area contributed by atoms with Gasteiger partial charge in [0.2, 0.25) is 0 Å². The van der Waals surface area contributed by atoms with Gasteiger partial charge in [-0.3, -0.25) is 4.90 Å². The van der Waals surface area contributed by atoms with Crippen LogP contribution in [0.1, 0.15) is 31.2 Å². The van der Waals surface area contributed by atoms with Crippen LogP contribution in [0.2, 0.25) is 5.02 Å². The molecule has 1 unspecified atom stereocenters. The van der Waals surface area contributed by atoms with Crippen LogP contribution in [-0.2, 0) is 6.42 Å². The van der Waals surface area contributed by atoms with Crippen molar-refractivity contribution < 1.29 is 4.79 Å². The SMILES string of the molecule is O=C(NCCc1ccc(Cl)cc1)N1CCC(N2CCCCC2)C1. The van der Waals surface area contributed by atoms with Crippen LogP contribution in [-0.4, -0.2) is 54.6 Å². The van der Waals surface area contributed by atoms with Gasteiger partial charge in [-0.2, -0.15) is 0 Å². The molecular weight excluding hydrogens is 310 g/mol. The summed E-state index contributed by atoms with van der Waals surface area (Å²) >= 11 is 5.88. The molecule has 2 aliphatic rings. The summed E-state index contributed by atoms with van der Waals surface area (Å²) in [4.78, 5) is 16.8. The molecule has 126 valence electrons. The first-order valence-corrected chi connectivity index (χ1v) is 9.11. The largest absolute Gasteiger partial charge is 0.338 e. The Labute approximate surface area is 143 Å². The number of nitrogens with one attached hydrogen (secondary N) is 1. The van der Waals surface area contributed by atoms with E-state index in [9.17, 15) is 4.79 Å². The van der Waals surface area contributed by atoms with Gasteiger partial charge in [-0.05, 0) is 56.5 Å². The van der Waals surface area contributed by atoms with Gasteiger partial charge in [-0.15, -0.1) is 0 Å². The van der Waals surface area contributed by atoms with Crippen LogP contribution in [0.3, 0.4) is 0 Å². The first-order chi connectivity index (χ1) is 11.2. The summed E-state index contributed by atoms with van der Waals surface area (Å²) in [5.41, 5.74) is 1.20. The number of likely N-dealkylation sites (tertiary alicyclic amines) is 2. The molecule has 5 heteroatoms. The summed E-state index contributed by atoms with van der Waals surface area (Å²) in [5.74, 6) is 0. The van der Waals surface area contributed by atoms with Crippen molar-refractivity contribution in [2.75, 3.05) is 32.7 Å². The topological polar surface area (TPSA) is 35.6 Å². The van der Waals surface area contributed by atoms with Crippen molar-refractivity contribution in [1.82, 2.24) is 15.1 Å². The third-order valence-corrected chi connectivity index (χ3v) is 5.21. The zero-order valence-electron chi connectivity index (χ0n) is 13.6. The van der Waals surface area contributed by atoms with Crippen LogP contribution in [0, 0.1) is 0 Å². The lowest BCUT2D eigenvalue weighted by molar-refractivity contribution is 0.161. The van der Waals surface area contributed by atoms with Crippen molar-refractivity contribution in [3.8, 4) is 0 Å². The number of carbonyl (C=O) groups is 1. The summed E-state index contributed by atoms with van der Waals surface area (Å²) in [5, 5.41) is 3.80. The molecule has 1 aromatic rings.